The molecule has 0 aromatic heterocycles. The molecule has 0 bridgehead atoms. The number of phenolic OH excluding ortho intramolecular Hbond substituents is 1. The first-order valence-electron chi connectivity index (χ1n) is 11.2. The molecule has 0 saturated carbocycles. The number of aromatic hydroxyl groups is 1. The lowest BCUT2D eigenvalue weighted by atomic mass is 9.90. The van der Waals surface area contributed by atoms with Gasteiger partial charge in [-0.3, -0.25) is 9.79 Å². The van der Waals surface area contributed by atoms with E-state index in [1.165, 1.54) is 0 Å². The number of hydrogen-bond donors (Lipinski definition) is 2. The lowest BCUT2D eigenvalue weighted by molar-refractivity contribution is 0.106. The Morgan fingerprint density at radius 1 is 0.844 bits per heavy atom. The highest BCUT2D eigenvalue weighted by atomic mass is 16.3. The van der Waals surface area contributed by atoms with Crippen molar-refractivity contribution >= 4 is 11.6 Å². The average molecular weight is 427 g/mol. The molecule has 164 valence electrons. The fourth-order valence-corrected chi connectivity index (χ4v) is 4.27. The lowest BCUT2D eigenvalue weighted by Gasteiger charge is -2.20. The van der Waals surface area contributed by atoms with Crippen LogP contribution in [-0.4, -0.2) is 16.7 Å². The molecule has 0 spiro atoms. The maximum Gasteiger partial charge on any atom is 0.227 e. The van der Waals surface area contributed by atoms with Gasteiger partial charge < -0.3 is 10.4 Å². The molecule has 4 heteroatoms. The number of Topliss-reactive ketones (excluding diaryl/α,β-unsaturated/α-hetero) is 1. The van der Waals surface area contributed by atoms with E-state index >= 15 is 0 Å². The molecule has 0 radical (unpaired) electrons. The fraction of sp³-hybridized carbons (Fsp3) is 0.286. The van der Waals surface area contributed by atoms with Gasteiger partial charge in [0.05, 0.1) is 6.04 Å². The van der Waals surface area contributed by atoms with Gasteiger partial charge in [-0.05, 0) is 46.2 Å². The molecule has 1 aliphatic rings. The van der Waals surface area contributed by atoms with E-state index in [4.69, 9.17) is 4.99 Å². The standard InChI is InChI=1S/C28H30N2O2/c1-17(2)22-15-21(16-23(18(3)4)27(22)32)26(31)28-29-24(19-11-7-5-8-12-19)25(30-28)20-13-9-6-10-14-20/h5-18,24-25,32H,1-4H3,(H,29,30). The number of rotatable bonds is 6. The predicted octanol–water partition coefficient (Wildman–Crippen LogP) is 6.31. The molecule has 0 fully saturated rings. The van der Waals surface area contributed by atoms with Crippen LogP contribution in [0.1, 0.15) is 84.2 Å². The second-order valence-electron chi connectivity index (χ2n) is 9.01. The summed E-state index contributed by atoms with van der Waals surface area (Å²) in [5.74, 6) is 0.717. The van der Waals surface area contributed by atoms with Crippen LogP contribution < -0.4 is 5.32 Å². The van der Waals surface area contributed by atoms with Crippen molar-refractivity contribution in [1.82, 2.24) is 5.32 Å². The summed E-state index contributed by atoms with van der Waals surface area (Å²) in [7, 11) is 0. The zero-order chi connectivity index (χ0) is 22.8. The smallest absolute Gasteiger partial charge is 0.227 e. The molecule has 3 aromatic carbocycles. The predicted molar refractivity (Wildman–Crippen MR) is 130 cm³/mol. The van der Waals surface area contributed by atoms with Gasteiger partial charge in [0.25, 0.3) is 0 Å². The highest BCUT2D eigenvalue weighted by molar-refractivity contribution is 6.45. The summed E-state index contributed by atoms with van der Waals surface area (Å²) in [5.41, 5.74) is 4.29. The number of nitrogens with zero attached hydrogens (tertiary/aromatic N) is 1. The summed E-state index contributed by atoms with van der Waals surface area (Å²) in [5, 5.41) is 14.1. The molecule has 4 rings (SSSR count). The molecule has 2 unspecified atom stereocenters. The minimum Gasteiger partial charge on any atom is -0.507 e. The molecule has 2 N–H and O–H groups in total. The monoisotopic (exact) mass is 426 g/mol. The van der Waals surface area contributed by atoms with Gasteiger partial charge in [0.15, 0.2) is 5.84 Å². The van der Waals surface area contributed by atoms with Crippen LogP contribution >= 0.6 is 0 Å². The minimum atomic E-state index is -0.191. The van der Waals surface area contributed by atoms with Crippen molar-refractivity contribution in [3.63, 3.8) is 0 Å². The highest BCUT2D eigenvalue weighted by Crippen LogP contribution is 2.38. The normalized spacial score (nSPS) is 18.0. The quantitative estimate of drug-likeness (QED) is 0.454. The van der Waals surface area contributed by atoms with Crippen LogP contribution in [-0.2, 0) is 0 Å². The van der Waals surface area contributed by atoms with E-state index in [2.05, 4.69) is 17.4 Å². The Hall–Kier alpha value is -3.40. The third-order valence-corrected chi connectivity index (χ3v) is 6.07. The summed E-state index contributed by atoms with van der Waals surface area (Å²) in [4.78, 5) is 18.4. The zero-order valence-corrected chi connectivity index (χ0v) is 19.0. The Labute approximate surface area is 190 Å². The Morgan fingerprint density at radius 3 is 1.84 bits per heavy atom. The third-order valence-electron chi connectivity index (χ3n) is 6.07. The highest BCUT2D eigenvalue weighted by Gasteiger charge is 2.34. The van der Waals surface area contributed by atoms with Crippen molar-refractivity contribution in [3.05, 3.63) is 101 Å². The molecule has 0 saturated heterocycles. The number of carbonyl (C=O) groups is 1. The van der Waals surface area contributed by atoms with Crippen molar-refractivity contribution in [2.45, 2.75) is 51.6 Å². The van der Waals surface area contributed by atoms with Crippen molar-refractivity contribution in [2.75, 3.05) is 0 Å². The van der Waals surface area contributed by atoms with Crippen LogP contribution in [0.5, 0.6) is 5.75 Å². The topological polar surface area (TPSA) is 61.7 Å². The van der Waals surface area contributed by atoms with Gasteiger partial charge in [0.2, 0.25) is 5.78 Å². The van der Waals surface area contributed by atoms with Crippen molar-refractivity contribution in [3.8, 4) is 5.75 Å². The molecule has 2 atom stereocenters. The molecule has 0 aliphatic carbocycles. The Morgan fingerprint density at radius 2 is 1.34 bits per heavy atom. The lowest BCUT2D eigenvalue weighted by Crippen LogP contribution is -2.30. The van der Waals surface area contributed by atoms with E-state index in [0.717, 1.165) is 22.3 Å². The van der Waals surface area contributed by atoms with E-state index in [0.29, 0.717) is 11.4 Å². The molecule has 0 amide bonds. The SMILES string of the molecule is CC(C)c1cc(C(=O)C2=NC(c3ccccc3)C(c3ccccc3)N2)cc(C(C)C)c1O. The van der Waals surface area contributed by atoms with E-state index in [-0.39, 0.29) is 35.5 Å². The second-order valence-corrected chi connectivity index (χ2v) is 9.01. The number of benzene rings is 3. The summed E-state index contributed by atoms with van der Waals surface area (Å²) >= 11 is 0. The van der Waals surface area contributed by atoms with Gasteiger partial charge in [-0.15, -0.1) is 0 Å². The van der Waals surface area contributed by atoms with Gasteiger partial charge in [-0.2, -0.15) is 0 Å². The Balaban J connectivity index is 1.75. The first-order chi connectivity index (χ1) is 15.4. The Bertz CT molecular complexity index is 1110. The molecule has 3 aromatic rings. The van der Waals surface area contributed by atoms with Crippen LogP contribution in [0.4, 0.5) is 0 Å². The van der Waals surface area contributed by atoms with Crippen molar-refractivity contribution in [2.24, 2.45) is 4.99 Å². The van der Waals surface area contributed by atoms with Crippen molar-refractivity contribution < 1.29 is 9.90 Å². The molecule has 1 heterocycles. The van der Waals surface area contributed by atoms with Crippen LogP contribution in [0.3, 0.4) is 0 Å². The molecule has 4 nitrogen and oxygen atoms in total. The summed E-state index contributed by atoms with van der Waals surface area (Å²) in [6.07, 6.45) is 0. The summed E-state index contributed by atoms with van der Waals surface area (Å²) < 4.78 is 0. The largest absolute Gasteiger partial charge is 0.507 e. The van der Waals surface area contributed by atoms with E-state index in [1.54, 1.807) is 0 Å². The van der Waals surface area contributed by atoms with Crippen LogP contribution in [0.2, 0.25) is 0 Å². The van der Waals surface area contributed by atoms with Gasteiger partial charge >= 0.3 is 0 Å². The number of hydrogen-bond acceptors (Lipinski definition) is 4. The van der Waals surface area contributed by atoms with Crippen LogP contribution in [0, 0.1) is 0 Å². The van der Waals surface area contributed by atoms with Gasteiger partial charge in [0.1, 0.15) is 11.8 Å². The maximum absolute atomic E-state index is 13.6. The van der Waals surface area contributed by atoms with Gasteiger partial charge in [-0.1, -0.05) is 88.4 Å². The number of phenols is 1. The first-order valence-corrected chi connectivity index (χ1v) is 11.2. The molecular weight excluding hydrogens is 396 g/mol. The number of ketones is 1. The fourth-order valence-electron chi connectivity index (χ4n) is 4.27. The van der Waals surface area contributed by atoms with Crippen LogP contribution in [0.15, 0.2) is 77.8 Å². The van der Waals surface area contributed by atoms with Crippen LogP contribution in [0.25, 0.3) is 0 Å². The number of nitrogens with one attached hydrogen (secondary N) is 1. The average Bonchev–Trinajstić information content (AvgIpc) is 3.25. The summed E-state index contributed by atoms with van der Waals surface area (Å²) in [6, 6.07) is 23.5. The first kappa shape index (κ1) is 21.8. The molecular formula is C28H30N2O2. The van der Waals surface area contributed by atoms with E-state index in [9.17, 15) is 9.90 Å². The maximum atomic E-state index is 13.6. The van der Waals surface area contributed by atoms with Crippen molar-refractivity contribution in [1.29, 1.82) is 0 Å². The summed E-state index contributed by atoms with van der Waals surface area (Å²) in [6.45, 7) is 8.09. The van der Waals surface area contributed by atoms with Gasteiger partial charge in [0, 0.05) is 5.56 Å². The second kappa shape index (κ2) is 8.99. The van der Waals surface area contributed by atoms with E-state index in [1.807, 2.05) is 88.4 Å². The Kier molecular flexibility index (Phi) is 6.13. The number of amidine groups is 1. The van der Waals surface area contributed by atoms with E-state index < -0.39 is 0 Å². The number of carbonyl (C=O) groups excluding carboxylic acids is 1. The zero-order valence-electron chi connectivity index (χ0n) is 19.0. The molecule has 32 heavy (non-hydrogen) atoms. The van der Waals surface area contributed by atoms with Gasteiger partial charge in [-0.25, -0.2) is 0 Å². The minimum absolute atomic E-state index is 0.105. The third kappa shape index (κ3) is 4.18. The number of aliphatic imine (C=N–C) groups is 1. The molecule has 1 aliphatic heterocycles.